The van der Waals surface area contributed by atoms with Gasteiger partial charge in [-0.05, 0) is 30.0 Å². The Hall–Kier alpha value is -2.89. The molecule has 1 N–H and O–H groups in total. The number of nitrogens with one attached hydrogen (secondary N) is 1. The average molecular weight is 423 g/mol. The predicted molar refractivity (Wildman–Crippen MR) is 124 cm³/mol. The van der Waals surface area contributed by atoms with Crippen molar-refractivity contribution in [3.05, 3.63) is 59.8 Å². The molecule has 2 heterocycles. The van der Waals surface area contributed by atoms with E-state index in [2.05, 4.69) is 36.0 Å². The number of amides is 2. The molecule has 0 saturated carbocycles. The maximum atomic E-state index is 13.1. The lowest BCUT2D eigenvalue weighted by molar-refractivity contribution is -0.133. The van der Waals surface area contributed by atoms with Crippen LogP contribution >= 0.6 is 0 Å². The second-order valence-corrected chi connectivity index (χ2v) is 8.31. The number of pyridine rings is 1. The average Bonchev–Trinajstić information content (AvgIpc) is 2.83. The van der Waals surface area contributed by atoms with Gasteiger partial charge < -0.3 is 15.1 Å². The first-order valence-electron chi connectivity index (χ1n) is 11.4. The Kier molecular flexibility index (Phi) is 8.04. The molecule has 1 fully saturated rings. The van der Waals surface area contributed by atoms with Crippen molar-refractivity contribution >= 4 is 17.6 Å². The van der Waals surface area contributed by atoms with Gasteiger partial charge >= 0.3 is 0 Å². The van der Waals surface area contributed by atoms with Gasteiger partial charge in [0.25, 0.3) is 5.91 Å². The summed E-state index contributed by atoms with van der Waals surface area (Å²) in [5.41, 5.74) is 1.66. The highest BCUT2D eigenvalue weighted by Crippen LogP contribution is 2.23. The van der Waals surface area contributed by atoms with E-state index in [0.717, 1.165) is 37.3 Å². The van der Waals surface area contributed by atoms with E-state index in [1.54, 1.807) is 6.20 Å². The van der Waals surface area contributed by atoms with Crippen molar-refractivity contribution < 1.29 is 9.59 Å². The molecule has 31 heavy (non-hydrogen) atoms. The van der Waals surface area contributed by atoms with Gasteiger partial charge in [0, 0.05) is 38.9 Å². The Morgan fingerprint density at radius 2 is 1.71 bits per heavy atom. The third kappa shape index (κ3) is 5.84. The van der Waals surface area contributed by atoms with Crippen LogP contribution in [0.25, 0.3) is 0 Å². The van der Waals surface area contributed by atoms with Crippen LogP contribution in [-0.4, -0.2) is 54.4 Å². The van der Waals surface area contributed by atoms with Crippen LogP contribution in [-0.2, 0) is 4.79 Å². The molecular weight excluding hydrogens is 388 g/mol. The van der Waals surface area contributed by atoms with Crippen LogP contribution < -0.4 is 10.2 Å². The standard InChI is InChI=1S/C25H34N4O2/c1-4-19(3)17-27-24(30)21-11-12-23(26-18-21)28-13-15-29(16-14-28)25(31)22(5-2)20-9-7-6-8-10-20/h6-12,18-19,22H,4-5,13-17H2,1-3H3,(H,27,30). The van der Waals surface area contributed by atoms with Gasteiger partial charge in [-0.3, -0.25) is 9.59 Å². The summed E-state index contributed by atoms with van der Waals surface area (Å²) in [6, 6.07) is 13.8. The molecule has 0 radical (unpaired) electrons. The van der Waals surface area contributed by atoms with Crippen molar-refractivity contribution in [2.75, 3.05) is 37.6 Å². The molecule has 6 heteroatoms. The fourth-order valence-electron chi connectivity index (χ4n) is 3.84. The summed E-state index contributed by atoms with van der Waals surface area (Å²) in [6.45, 7) is 9.82. The molecule has 0 bridgehead atoms. The lowest BCUT2D eigenvalue weighted by atomic mass is 9.95. The molecule has 166 valence electrons. The van der Waals surface area contributed by atoms with Gasteiger partial charge in [-0.1, -0.05) is 57.5 Å². The number of nitrogens with zero attached hydrogens (tertiary/aromatic N) is 3. The fourth-order valence-corrected chi connectivity index (χ4v) is 3.84. The zero-order chi connectivity index (χ0) is 22.2. The monoisotopic (exact) mass is 422 g/mol. The van der Waals surface area contributed by atoms with Crippen molar-refractivity contribution in [1.82, 2.24) is 15.2 Å². The second-order valence-electron chi connectivity index (χ2n) is 8.31. The summed E-state index contributed by atoms with van der Waals surface area (Å²) in [5, 5.41) is 2.96. The smallest absolute Gasteiger partial charge is 0.252 e. The minimum absolute atomic E-state index is 0.0821. The molecule has 1 saturated heterocycles. The third-order valence-corrected chi connectivity index (χ3v) is 6.14. The van der Waals surface area contributed by atoms with E-state index in [1.807, 2.05) is 47.4 Å². The van der Waals surface area contributed by atoms with Crippen molar-refractivity contribution in [3.63, 3.8) is 0 Å². The van der Waals surface area contributed by atoms with E-state index in [9.17, 15) is 9.59 Å². The second kappa shape index (κ2) is 10.9. The zero-order valence-corrected chi connectivity index (χ0v) is 18.9. The molecule has 2 amide bonds. The summed E-state index contributed by atoms with van der Waals surface area (Å²) < 4.78 is 0. The van der Waals surface area contributed by atoms with Crippen LogP contribution in [0.1, 0.15) is 55.5 Å². The molecule has 2 aromatic rings. The zero-order valence-electron chi connectivity index (χ0n) is 18.9. The van der Waals surface area contributed by atoms with Crippen LogP contribution in [0.5, 0.6) is 0 Å². The van der Waals surface area contributed by atoms with Crippen LogP contribution in [0.3, 0.4) is 0 Å². The van der Waals surface area contributed by atoms with E-state index < -0.39 is 0 Å². The van der Waals surface area contributed by atoms with Crippen molar-refractivity contribution in [2.24, 2.45) is 5.92 Å². The van der Waals surface area contributed by atoms with Crippen LogP contribution in [0.15, 0.2) is 48.7 Å². The number of carbonyl (C=O) groups excluding carboxylic acids is 2. The number of piperazine rings is 1. The SMILES string of the molecule is CCC(C)CNC(=O)c1ccc(N2CCN(C(=O)C(CC)c3ccccc3)CC2)nc1. The predicted octanol–water partition coefficient (Wildman–Crippen LogP) is 3.70. The molecule has 1 aliphatic heterocycles. The van der Waals surface area contributed by atoms with Crippen molar-refractivity contribution in [3.8, 4) is 0 Å². The summed E-state index contributed by atoms with van der Waals surface area (Å²) >= 11 is 0. The Morgan fingerprint density at radius 1 is 1.00 bits per heavy atom. The van der Waals surface area contributed by atoms with Crippen LogP contribution in [0.2, 0.25) is 0 Å². The van der Waals surface area contributed by atoms with Crippen LogP contribution in [0, 0.1) is 5.92 Å². The van der Waals surface area contributed by atoms with Gasteiger partial charge in [0.1, 0.15) is 5.82 Å². The minimum Gasteiger partial charge on any atom is -0.353 e. The first-order chi connectivity index (χ1) is 15.0. The Labute approximate surface area is 185 Å². The summed E-state index contributed by atoms with van der Waals surface area (Å²) in [6.07, 6.45) is 3.47. The number of benzene rings is 1. The van der Waals surface area contributed by atoms with Crippen molar-refractivity contribution in [1.29, 1.82) is 0 Å². The van der Waals surface area contributed by atoms with Crippen molar-refractivity contribution in [2.45, 2.75) is 39.5 Å². The number of hydrogen-bond donors (Lipinski definition) is 1. The van der Waals surface area contributed by atoms with Gasteiger partial charge in [0.2, 0.25) is 5.91 Å². The van der Waals surface area contributed by atoms with E-state index >= 15 is 0 Å². The molecule has 0 spiro atoms. The molecular formula is C25H34N4O2. The highest BCUT2D eigenvalue weighted by Gasteiger charge is 2.27. The fraction of sp³-hybridized carbons (Fsp3) is 0.480. The van der Waals surface area contributed by atoms with Gasteiger partial charge in [-0.25, -0.2) is 4.98 Å². The highest BCUT2D eigenvalue weighted by molar-refractivity contribution is 5.94. The molecule has 1 aromatic carbocycles. The first kappa shape index (κ1) is 22.8. The number of carbonyl (C=O) groups is 2. The molecule has 2 atom stereocenters. The number of rotatable bonds is 8. The van der Waals surface area contributed by atoms with E-state index in [4.69, 9.17) is 0 Å². The topological polar surface area (TPSA) is 65.5 Å². The molecule has 3 rings (SSSR count). The Bertz CT molecular complexity index is 846. The summed E-state index contributed by atoms with van der Waals surface area (Å²) in [4.78, 5) is 34.0. The summed E-state index contributed by atoms with van der Waals surface area (Å²) in [5.74, 6) is 1.35. The number of aromatic nitrogens is 1. The minimum atomic E-state index is -0.0842. The van der Waals surface area contributed by atoms with Gasteiger partial charge in [-0.15, -0.1) is 0 Å². The molecule has 2 unspecified atom stereocenters. The van der Waals surface area contributed by atoms with Gasteiger partial charge in [0.05, 0.1) is 11.5 Å². The molecule has 6 nitrogen and oxygen atoms in total. The van der Waals surface area contributed by atoms with E-state index in [-0.39, 0.29) is 17.7 Å². The molecule has 1 aliphatic rings. The van der Waals surface area contributed by atoms with Crippen LogP contribution in [0.4, 0.5) is 5.82 Å². The lowest BCUT2D eigenvalue weighted by Gasteiger charge is -2.37. The van der Waals surface area contributed by atoms with Gasteiger partial charge in [0.15, 0.2) is 0 Å². The molecule has 0 aliphatic carbocycles. The molecule has 1 aromatic heterocycles. The van der Waals surface area contributed by atoms with Gasteiger partial charge in [-0.2, -0.15) is 0 Å². The first-order valence-corrected chi connectivity index (χ1v) is 11.4. The largest absolute Gasteiger partial charge is 0.353 e. The quantitative estimate of drug-likeness (QED) is 0.704. The van der Waals surface area contributed by atoms with E-state index in [0.29, 0.717) is 31.1 Å². The third-order valence-electron chi connectivity index (χ3n) is 6.14. The normalized spacial score (nSPS) is 16.0. The maximum Gasteiger partial charge on any atom is 0.252 e. The highest BCUT2D eigenvalue weighted by atomic mass is 16.2. The summed E-state index contributed by atoms with van der Waals surface area (Å²) in [7, 11) is 0. The number of anilines is 1. The number of hydrogen-bond acceptors (Lipinski definition) is 4. The Balaban J connectivity index is 1.54. The lowest BCUT2D eigenvalue weighted by Crippen LogP contribution is -2.50. The maximum absolute atomic E-state index is 13.1. The Morgan fingerprint density at radius 3 is 2.29 bits per heavy atom. The van der Waals surface area contributed by atoms with E-state index in [1.165, 1.54) is 0 Å².